The van der Waals surface area contributed by atoms with Crippen molar-refractivity contribution in [3.8, 4) is 0 Å². The maximum absolute atomic E-state index is 4.43. The van der Waals surface area contributed by atoms with Gasteiger partial charge in [0.05, 0.1) is 6.33 Å². The number of aromatic nitrogens is 2. The first kappa shape index (κ1) is 31.6. The zero-order valence-electron chi connectivity index (χ0n) is 24.7. The normalized spacial score (nSPS) is 13.1. The van der Waals surface area contributed by atoms with Crippen LogP contribution in [0.1, 0.15) is 160 Å². The largest absolute Gasteiger partial charge is 0.334 e. The second-order valence-corrected chi connectivity index (χ2v) is 11.6. The lowest BCUT2D eigenvalue weighted by Crippen LogP contribution is -2.21. The van der Waals surface area contributed by atoms with Crippen LogP contribution in [0.25, 0.3) is 0 Å². The Balaban J connectivity index is 1.71. The molecule has 0 N–H and O–H groups in total. The van der Waals surface area contributed by atoms with Gasteiger partial charge in [-0.25, -0.2) is 4.98 Å². The molecule has 2 aromatic rings. The van der Waals surface area contributed by atoms with E-state index in [4.69, 9.17) is 0 Å². The molecule has 37 heavy (non-hydrogen) atoms. The van der Waals surface area contributed by atoms with Crippen LogP contribution < -0.4 is 0 Å². The van der Waals surface area contributed by atoms with Gasteiger partial charge in [0, 0.05) is 18.4 Å². The predicted molar refractivity (Wildman–Crippen MR) is 163 cm³/mol. The highest BCUT2D eigenvalue weighted by Crippen LogP contribution is 2.32. The van der Waals surface area contributed by atoms with E-state index in [0.29, 0.717) is 12.0 Å². The van der Waals surface area contributed by atoms with E-state index in [1.807, 2.05) is 6.20 Å². The molecule has 0 bridgehead atoms. The van der Waals surface area contributed by atoms with Crippen molar-refractivity contribution in [1.29, 1.82) is 0 Å². The fourth-order valence-corrected chi connectivity index (χ4v) is 6.00. The van der Waals surface area contributed by atoms with Gasteiger partial charge in [0.25, 0.3) is 0 Å². The summed E-state index contributed by atoms with van der Waals surface area (Å²) in [5.74, 6) is 0.695. The third-order valence-electron chi connectivity index (χ3n) is 8.32. The Hall–Kier alpha value is -1.57. The third-order valence-corrected chi connectivity index (χ3v) is 8.32. The van der Waals surface area contributed by atoms with E-state index < -0.39 is 0 Å². The molecule has 1 aromatic heterocycles. The van der Waals surface area contributed by atoms with Gasteiger partial charge in [-0.3, -0.25) is 0 Å². The van der Waals surface area contributed by atoms with Crippen molar-refractivity contribution in [2.24, 2.45) is 5.92 Å². The molecular formula is C35H60N2. The standard InChI is InChI=1S/C35H60N2/c1-3-5-7-9-10-11-12-13-14-15-16-17-19-23-27-34(31-33-25-21-20-22-26-33)35(37-30-29-36-32-37)28-24-18-8-6-4-2/h20-22,25-26,29-30,32,34-35H,3-19,23-24,27-28,31H2,1-2H3. The first-order valence-electron chi connectivity index (χ1n) is 16.4. The minimum atomic E-state index is 0.575. The number of nitrogens with zero attached hydrogens (tertiary/aromatic N) is 2. The molecule has 0 saturated heterocycles. The number of imidazole rings is 1. The molecule has 0 fully saturated rings. The maximum Gasteiger partial charge on any atom is 0.0948 e. The highest BCUT2D eigenvalue weighted by molar-refractivity contribution is 5.15. The molecule has 0 aliphatic heterocycles. The smallest absolute Gasteiger partial charge is 0.0948 e. The number of hydrogen-bond donors (Lipinski definition) is 0. The summed E-state index contributed by atoms with van der Waals surface area (Å²) in [5, 5.41) is 0. The molecule has 0 aliphatic carbocycles. The molecule has 1 heterocycles. The van der Waals surface area contributed by atoms with E-state index in [0.717, 1.165) is 0 Å². The second-order valence-electron chi connectivity index (χ2n) is 11.6. The van der Waals surface area contributed by atoms with Gasteiger partial charge < -0.3 is 4.57 Å². The van der Waals surface area contributed by atoms with E-state index >= 15 is 0 Å². The maximum atomic E-state index is 4.43. The number of benzene rings is 1. The van der Waals surface area contributed by atoms with E-state index in [1.165, 1.54) is 147 Å². The summed E-state index contributed by atoms with van der Waals surface area (Å²) in [6.45, 7) is 4.61. The topological polar surface area (TPSA) is 17.8 Å². The number of rotatable bonds is 25. The summed E-state index contributed by atoms with van der Waals surface area (Å²) in [4.78, 5) is 4.43. The molecular weight excluding hydrogens is 448 g/mol. The Bertz CT molecular complexity index is 708. The van der Waals surface area contributed by atoms with Crippen LogP contribution >= 0.6 is 0 Å². The molecule has 2 atom stereocenters. The van der Waals surface area contributed by atoms with Crippen LogP contribution in [0.4, 0.5) is 0 Å². The van der Waals surface area contributed by atoms with Gasteiger partial charge in [-0.1, -0.05) is 166 Å². The molecule has 0 aliphatic rings. The average molecular weight is 509 g/mol. The third kappa shape index (κ3) is 15.4. The van der Waals surface area contributed by atoms with Crippen LogP contribution in [-0.2, 0) is 6.42 Å². The summed E-state index contributed by atoms with van der Waals surface area (Å²) < 4.78 is 2.43. The quantitative estimate of drug-likeness (QED) is 0.122. The van der Waals surface area contributed by atoms with Gasteiger partial charge in [-0.05, 0) is 30.7 Å². The van der Waals surface area contributed by atoms with E-state index in [-0.39, 0.29) is 0 Å². The minimum Gasteiger partial charge on any atom is -0.334 e. The Morgan fingerprint density at radius 2 is 1.08 bits per heavy atom. The average Bonchev–Trinajstić information content (AvgIpc) is 3.46. The SMILES string of the molecule is CCCCCCCCCCCCCCCCC(Cc1ccccc1)C(CCCCCCC)n1ccnc1. The van der Waals surface area contributed by atoms with Crippen molar-refractivity contribution in [2.45, 2.75) is 161 Å². The summed E-state index contributed by atoms with van der Waals surface area (Å²) in [6.07, 6.45) is 36.9. The zero-order chi connectivity index (χ0) is 26.2. The highest BCUT2D eigenvalue weighted by Gasteiger charge is 2.23. The van der Waals surface area contributed by atoms with Crippen molar-refractivity contribution < 1.29 is 0 Å². The summed E-state index contributed by atoms with van der Waals surface area (Å²) in [6, 6.07) is 11.8. The van der Waals surface area contributed by atoms with Gasteiger partial charge in [0.15, 0.2) is 0 Å². The van der Waals surface area contributed by atoms with Crippen molar-refractivity contribution >= 4 is 0 Å². The number of unbranched alkanes of at least 4 members (excludes halogenated alkanes) is 17. The van der Waals surface area contributed by atoms with Gasteiger partial charge in [0.1, 0.15) is 0 Å². The van der Waals surface area contributed by atoms with Crippen LogP contribution in [0.3, 0.4) is 0 Å². The Kier molecular flexibility index (Phi) is 19.2. The minimum absolute atomic E-state index is 0.575. The van der Waals surface area contributed by atoms with Gasteiger partial charge in [-0.2, -0.15) is 0 Å². The monoisotopic (exact) mass is 508 g/mol. The summed E-state index contributed by atoms with van der Waals surface area (Å²) >= 11 is 0. The van der Waals surface area contributed by atoms with Crippen LogP contribution in [0, 0.1) is 5.92 Å². The zero-order valence-corrected chi connectivity index (χ0v) is 24.7. The first-order valence-corrected chi connectivity index (χ1v) is 16.4. The van der Waals surface area contributed by atoms with Gasteiger partial charge >= 0.3 is 0 Å². The molecule has 210 valence electrons. The van der Waals surface area contributed by atoms with Crippen LogP contribution in [0.5, 0.6) is 0 Å². The van der Waals surface area contributed by atoms with Crippen molar-refractivity contribution in [3.05, 3.63) is 54.6 Å². The predicted octanol–water partition coefficient (Wildman–Crippen LogP) is 11.5. The summed E-state index contributed by atoms with van der Waals surface area (Å²) in [7, 11) is 0. The fraction of sp³-hybridized carbons (Fsp3) is 0.743. The molecule has 2 unspecified atom stereocenters. The molecule has 0 radical (unpaired) electrons. The Morgan fingerprint density at radius 3 is 1.57 bits per heavy atom. The summed E-state index contributed by atoms with van der Waals surface area (Å²) in [5.41, 5.74) is 1.49. The molecule has 0 saturated carbocycles. The van der Waals surface area contributed by atoms with Gasteiger partial charge in [0.2, 0.25) is 0 Å². The molecule has 0 spiro atoms. The van der Waals surface area contributed by atoms with Crippen molar-refractivity contribution in [1.82, 2.24) is 9.55 Å². The van der Waals surface area contributed by atoms with Crippen LogP contribution in [-0.4, -0.2) is 9.55 Å². The van der Waals surface area contributed by atoms with Crippen LogP contribution in [0.2, 0.25) is 0 Å². The highest BCUT2D eigenvalue weighted by atomic mass is 15.1. The lowest BCUT2D eigenvalue weighted by Gasteiger charge is -2.29. The lowest BCUT2D eigenvalue weighted by molar-refractivity contribution is 0.275. The van der Waals surface area contributed by atoms with E-state index in [2.05, 4.69) is 66.3 Å². The molecule has 2 heteroatoms. The van der Waals surface area contributed by atoms with E-state index in [1.54, 1.807) is 0 Å². The fourth-order valence-electron chi connectivity index (χ4n) is 6.00. The number of hydrogen-bond acceptors (Lipinski definition) is 1. The first-order chi connectivity index (χ1) is 18.3. The van der Waals surface area contributed by atoms with Crippen molar-refractivity contribution in [3.63, 3.8) is 0 Å². The van der Waals surface area contributed by atoms with Crippen LogP contribution in [0.15, 0.2) is 49.1 Å². The lowest BCUT2D eigenvalue weighted by atomic mass is 9.84. The Labute approximate surface area is 231 Å². The van der Waals surface area contributed by atoms with Crippen molar-refractivity contribution in [2.75, 3.05) is 0 Å². The molecule has 2 rings (SSSR count). The van der Waals surface area contributed by atoms with Gasteiger partial charge in [-0.15, -0.1) is 0 Å². The molecule has 1 aromatic carbocycles. The van der Waals surface area contributed by atoms with E-state index in [9.17, 15) is 0 Å². The molecule has 2 nitrogen and oxygen atoms in total. The Morgan fingerprint density at radius 1 is 0.595 bits per heavy atom. The molecule has 0 amide bonds. The second kappa shape index (κ2) is 22.4.